The van der Waals surface area contributed by atoms with E-state index in [1.54, 1.807) is 0 Å². The summed E-state index contributed by atoms with van der Waals surface area (Å²) in [5, 5.41) is 0. The molecule has 1 aromatic carbocycles. The van der Waals surface area contributed by atoms with Gasteiger partial charge in [0.1, 0.15) is 6.10 Å². The molecule has 0 amide bonds. The van der Waals surface area contributed by atoms with Crippen LogP contribution < -0.4 is 0 Å². The number of ether oxygens (including phenoxy) is 3. The molecule has 1 aliphatic heterocycles. The van der Waals surface area contributed by atoms with Crippen molar-refractivity contribution in [1.82, 2.24) is 0 Å². The topological polar surface area (TPSA) is 27.7 Å². The summed E-state index contributed by atoms with van der Waals surface area (Å²) < 4.78 is 16.4. The van der Waals surface area contributed by atoms with E-state index in [1.165, 1.54) is 0 Å². The minimum Gasteiger partial charge on any atom is -0.379 e. The van der Waals surface area contributed by atoms with Gasteiger partial charge in [-0.3, -0.25) is 0 Å². The number of hydrogen-bond acceptors (Lipinski definition) is 3. The Morgan fingerprint density at radius 1 is 1.35 bits per heavy atom. The van der Waals surface area contributed by atoms with Gasteiger partial charge in [-0.15, -0.1) is 0 Å². The molecule has 0 N–H and O–H groups in total. The molecule has 1 fully saturated rings. The van der Waals surface area contributed by atoms with E-state index < -0.39 is 0 Å². The third-order valence-electron chi connectivity index (χ3n) is 2.53. The molecule has 3 heteroatoms. The van der Waals surface area contributed by atoms with Crippen molar-refractivity contribution in [3.8, 4) is 0 Å². The van der Waals surface area contributed by atoms with E-state index in [9.17, 15) is 0 Å². The van der Waals surface area contributed by atoms with Gasteiger partial charge in [-0.1, -0.05) is 36.4 Å². The molecular formula is C14H18O3. The van der Waals surface area contributed by atoms with E-state index in [1.807, 2.05) is 49.4 Å². The Morgan fingerprint density at radius 3 is 2.94 bits per heavy atom. The second-order valence-corrected chi connectivity index (χ2v) is 3.89. The molecule has 0 aliphatic carbocycles. The van der Waals surface area contributed by atoms with Gasteiger partial charge in [0.15, 0.2) is 6.29 Å². The van der Waals surface area contributed by atoms with Crippen LogP contribution >= 0.6 is 0 Å². The molecular weight excluding hydrogens is 216 g/mol. The largest absolute Gasteiger partial charge is 0.379 e. The third-order valence-corrected chi connectivity index (χ3v) is 2.53. The van der Waals surface area contributed by atoms with Gasteiger partial charge in [0.2, 0.25) is 0 Å². The first kappa shape index (κ1) is 12.3. The van der Waals surface area contributed by atoms with Crippen molar-refractivity contribution in [1.29, 1.82) is 0 Å². The van der Waals surface area contributed by atoms with Crippen LogP contribution in [0.4, 0.5) is 0 Å². The molecule has 2 unspecified atom stereocenters. The van der Waals surface area contributed by atoms with Crippen LogP contribution in [0.15, 0.2) is 36.4 Å². The van der Waals surface area contributed by atoms with Crippen LogP contribution in [0.2, 0.25) is 0 Å². The van der Waals surface area contributed by atoms with Crippen LogP contribution in [-0.4, -0.2) is 32.2 Å². The van der Waals surface area contributed by atoms with E-state index in [0.717, 1.165) is 5.56 Å². The highest BCUT2D eigenvalue weighted by molar-refractivity contribution is 5.49. The maximum atomic E-state index is 5.65. The van der Waals surface area contributed by atoms with Gasteiger partial charge < -0.3 is 14.2 Å². The van der Waals surface area contributed by atoms with Crippen LogP contribution in [-0.2, 0) is 14.2 Å². The predicted molar refractivity (Wildman–Crippen MR) is 66.6 cm³/mol. The molecule has 1 aromatic rings. The lowest BCUT2D eigenvalue weighted by atomic mass is 10.2. The maximum absolute atomic E-state index is 5.65. The monoisotopic (exact) mass is 234 g/mol. The van der Waals surface area contributed by atoms with Crippen molar-refractivity contribution < 1.29 is 14.2 Å². The third kappa shape index (κ3) is 3.97. The van der Waals surface area contributed by atoms with Crippen molar-refractivity contribution in [2.24, 2.45) is 0 Å². The summed E-state index contributed by atoms with van der Waals surface area (Å²) in [6.45, 7) is 3.89. The standard InChI is InChI=1S/C14H18O3/c1-2-15-10-13-11-16-14(17-13)9-8-12-6-4-3-5-7-12/h3-9,13-14H,2,10-11H2,1H3. The molecule has 0 bridgehead atoms. The van der Waals surface area contributed by atoms with Crippen LogP contribution in [0.1, 0.15) is 12.5 Å². The highest BCUT2D eigenvalue weighted by atomic mass is 16.7. The Kier molecular flexibility index (Phi) is 4.74. The molecule has 2 atom stereocenters. The summed E-state index contributed by atoms with van der Waals surface area (Å²) in [5.74, 6) is 0. The smallest absolute Gasteiger partial charge is 0.177 e. The average molecular weight is 234 g/mol. The summed E-state index contributed by atoms with van der Waals surface area (Å²) >= 11 is 0. The van der Waals surface area contributed by atoms with Gasteiger partial charge in [-0.25, -0.2) is 0 Å². The summed E-state index contributed by atoms with van der Waals surface area (Å²) in [4.78, 5) is 0. The van der Waals surface area contributed by atoms with Crippen LogP contribution in [0, 0.1) is 0 Å². The first-order valence-electron chi connectivity index (χ1n) is 5.96. The lowest BCUT2D eigenvalue weighted by Crippen LogP contribution is -2.18. The Balaban J connectivity index is 1.79. The van der Waals surface area contributed by atoms with Gasteiger partial charge >= 0.3 is 0 Å². The van der Waals surface area contributed by atoms with Gasteiger partial charge in [0.05, 0.1) is 13.2 Å². The summed E-state index contributed by atoms with van der Waals surface area (Å²) in [6, 6.07) is 10.1. The molecule has 17 heavy (non-hydrogen) atoms. The van der Waals surface area contributed by atoms with E-state index in [0.29, 0.717) is 19.8 Å². The van der Waals surface area contributed by atoms with E-state index in [4.69, 9.17) is 14.2 Å². The van der Waals surface area contributed by atoms with Gasteiger partial charge in [-0.2, -0.15) is 0 Å². The maximum Gasteiger partial charge on any atom is 0.177 e. The molecule has 0 spiro atoms. The fourth-order valence-corrected chi connectivity index (χ4v) is 1.66. The zero-order valence-corrected chi connectivity index (χ0v) is 10.0. The van der Waals surface area contributed by atoms with Crippen LogP contribution in [0.5, 0.6) is 0 Å². The Bertz CT molecular complexity index is 348. The second-order valence-electron chi connectivity index (χ2n) is 3.89. The van der Waals surface area contributed by atoms with Crippen molar-refractivity contribution >= 4 is 6.08 Å². The van der Waals surface area contributed by atoms with Crippen molar-refractivity contribution in [2.75, 3.05) is 19.8 Å². The number of hydrogen-bond donors (Lipinski definition) is 0. The predicted octanol–water partition coefficient (Wildman–Crippen LogP) is 2.48. The van der Waals surface area contributed by atoms with Crippen molar-refractivity contribution in [3.63, 3.8) is 0 Å². The Labute approximate surface area is 102 Å². The highest BCUT2D eigenvalue weighted by Gasteiger charge is 2.23. The van der Waals surface area contributed by atoms with E-state index in [2.05, 4.69) is 0 Å². The molecule has 92 valence electrons. The zero-order valence-electron chi connectivity index (χ0n) is 10.0. The van der Waals surface area contributed by atoms with E-state index in [-0.39, 0.29) is 12.4 Å². The Morgan fingerprint density at radius 2 is 2.18 bits per heavy atom. The fourth-order valence-electron chi connectivity index (χ4n) is 1.66. The van der Waals surface area contributed by atoms with Gasteiger partial charge in [-0.05, 0) is 18.6 Å². The minimum atomic E-state index is -0.249. The molecule has 0 aromatic heterocycles. The summed E-state index contributed by atoms with van der Waals surface area (Å²) in [6.07, 6.45) is 3.75. The van der Waals surface area contributed by atoms with Crippen molar-refractivity contribution in [3.05, 3.63) is 42.0 Å². The molecule has 0 saturated carbocycles. The van der Waals surface area contributed by atoms with Crippen LogP contribution in [0.25, 0.3) is 6.08 Å². The Hall–Kier alpha value is -1.16. The van der Waals surface area contributed by atoms with E-state index >= 15 is 0 Å². The second kappa shape index (κ2) is 6.55. The lowest BCUT2D eigenvalue weighted by Gasteiger charge is -2.08. The number of rotatable bonds is 5. The SMILES string of the molecule is CCOCC1COC(C=Cc2ccccc2)O1. The highest BCUT2D eigenvalue weighted by Crippen LogP contribution is 2.14. The average Bonchev–Trinajstić information content (AvgIpc) is 2.83. The van der Waals surface area contributed by atoms with Crippen molar-refractivity contribution in [2.45, 2.75) is 19.3 Å². The molecule has 1 heterocycles. The van der Waals surface area contributed by atoms with Gasteiger partial charge in [0, 0.05) is 6.61 Å². The lowest BCUT2D eigenvalue weighted by molar-refractivity contribution is -0.0382. The molecule has 1 saturated heterocycles. The fraction of sp³-hybridized carbons (Fsp3) is 0.429. The molecule has 1 aliphatic rings. The number of benzene rings is 1. The van der Waals surface area contributed by atoms with Gasteiger partial charge in [0.25, 0.3) is 0 Å². The minimum absolute atomic E-state index is 0.0559. The zero-order chi connectivity index (χ0) is 11.9. The first-order chi connectivity index (χ1) is 8.38. The quantitative estimate of drug-likeness (QED) is 0.783. The normalized spacial score (nSPS) is 24.5. The first-order valence-corrected chi connectivity index (χ1v) is 5.96. The molecule has 3 nitrogen and oxygen atoms in total. The molecule has 0 radical (unpaired) electrons. The van der Waals surface area contributed by atoms with Crippen LogP contribution in [0.3, 0.4) is 0 Å². The molecule has 2 rings (SSSR count). The summed E-state index contributed by atoms with van der Waals surface area (Å²) in [7, 11) is 0. The summed E-state index contributed by atoms with van der Waals surface area (Å²) in [5.41, 5.74) is 1.15.